The summed E-state index contributed by atoms with van der Waals surface area (Å²) in [5.41, 5.74) is 1.33. The Morgan fingerprint density at radius 2 is 1.83 bits per heavy atom. The van der Waals surface area contributed by atoms with Crippen LogP contribution in [0.2, 0.25) is 0 Å². The topological polar surface area (TPSA) is 17.1 Å². The third kappa shape index (κ3) is 2.48. The molecular weight excluding hydrogens is 302 g/mol. The fraction of sp³-hybridized carbons (Fsp3) is 0.0714. The Morgan fingerprint density at radius 3 is 2.44 bits per heavy atom. The van der Waals surface area contributed by atoms with Crippen molar-refractivity contribution in [1.29, 1.82) is 0 Å². The molecule has 0 N–H and O–H groups in total. The van der Waals surface area contributed by atoms with E-state index in [1.54, 1.807) is 6.92 Å². The van der Waals surface area contributed by atoms with Crippen LogP contribution in [-0.2, 0) is 0 Å². The van der Waals surface area contributed by atoms with Gasteiger partial charge in [-0.1, -0.05) is 0 Å². The number of carbonyl (C=O) groups is 1. The third-order valence-corrected chi connectivity index (χ3v) is 3.22. The molecule has 92 valence electrons. The minimum absolute atomic E-state index is 0.230. The van der Waals surface area contributed by atoms with Gasteiger partial charge in [-0.2, -0.15) is 0 Å². The van der Waals surface area contributed by atoms with Crippen molar-refractivity contribution in [2.45, 2.75) is 6.92 Å². The molecule has 4 heteroatoms. The second-order valence-electron chi connectivity index (χ2n) is 3.92. The average molecular weight is 311 g/mol. The highest BCUT2D eigenvalue weighted by molar-refractivity contribution is 9.10. The summed E-state index contributed by atoms with van der Waals surface area (Å²) in [6.07, 6.45) is 0. The minimum Gasteiger partial charge on any atom is -0.289 e. The first-order valence-corrected chi connectivity index (χ1v) is 6.04. The molecule has 0 saturated carbocycles. The molecule has 0 fully saturated rings. The molecule has 0 aliphatic heterocycles. The fourth-order valence-corrected chi connectivity index (χ4v) is 2.05. The lowest BCUT2D eigenvalue weighted by Gasteiger charge is -2.06. The van der Waals surface area contributed by atoms with Gasteiger partial charge in [-0.15, -0.1) is 0 Å². The number of benzene rings is 2. The Bertz CT molecular complexity index is 623. The molecule has 0 saturated heterocycles. The normalized spacial score (nSPS) is 10.4. The lowest BCUT2D eigenvalue weighted by atomic mass is 9.99. The monoisotopic (exact) mass is 310 g/mol. The summed E-state index contributed by atoms with van der Waals surface area (Å²) in [6.45, 7) is 1.66. The van der Waals surface area contributed by atoms with E-state index in [1.807, 2.05) is 0 Å². The van der Waals surface area contributed by atoms with Gasteiger partial charge in [0, 0.05) is 11.1 Å². The summed E-state index contributed by atoms with van der Waals surface area (Å²) in [4.78, 5) is 12.2. The Hall–Kier alpha value is -1.55. The molecule has 0 unspecified atom stereocenters. The molecule has 0 atom stereocenters. The van der Waals surface area contributed by atoms with E-state index in [1.165, 1.54) is 36.4 Å². The predicted molar refractivity (Wildman–Crippen MR) is 68.7 cm³/mol. The van der Waals surface area contributed by atoms with Crippen LogP contribution in [0.4, 0.5) is 8.78 Å². The molecule has 2 aromatic carbocycles. The number of hydrogen-bond donors (Lipinski definition) is 0. The van der Waals surface area contributed by atoms with Crippen molar-refractivity contribution < 1.29 is 13.6 Å². The zero-order valence-corrected chi connectivity index (χ0v) is 11.1. The van der Waals surface area contributed by atoms with Crippen molar-refractivity contribution in [3.8, 4) is 0 Å². The van der Waals surface area contributed by atoms with Crippen LogP contribution in [0.1, 0.15) is 21.5 Å². The predicted octanol–water partition coefficient (Wildman–Crippen LogP) is 4.27. The van der Waals surface area contributed by atoms with Crippen molar-refractivity contribution in [3.63, 3.8) is 0 Å². The van der Waals surface area contributed by atoms with Gasteiger partial charge in [-0.3, -0.25) is 4.79 Å². The van der Waals surface area contributed by atoms with E-state index < -0.39 is 5.82 Å². The number of rotatable bonds is 2. The molecule has 0 spiro atoms. The lowest BCUT2D eigenvalue weighted by molar-refractivity contribution is 0.103. The van der Waals surface area contributed by atoms with Crippen LogP contribution in [0.3, 0.4) is 0 Å². The van der Waals surface area contributed by atoms with Gasteiger partial charge in [-0.05, 0) is 64.8 Å². The molecule has 0 heterocycles. The maximum Gasteiger partial charge on any atom is 0.193 e. The summed E-state index contributed by atoms with van der Waals surface area (Å²) in [6, 6.07) is 8.01. The van der Waals surface area contributed by atoms with Crippen LogP contribution in [0.5, 0.6) is 0 Å². The lowest BCUT2D eigenvalue weighted by Crippen LogP contribution is -2.04. The van der Waals surface area contributed by atoms with Gasteiger partial charge in [0.15, 0.2) is 5.78 Å². The molecule has 0 aromatic heterocycles. The molecule has 2 aromatic rings. The van der Waals surface area contributed by atoms with Gasteiger partial charge < -0.3 is 0 Å². The molecule has 2 rings (SSSR count). The van der Waals surface area contributed by atoms with Crippen molar-refractivity contribution in [1.82, 2.24) is 0 Å². The number of carbonyl (C=O) groups excluding carboxylic acids is 1. The first-order valence-electron chi connectivity index (χ1n) is 5.25. The smallest absolute Gasteiger partial charge is 0.193 e. The molecule has 0 aliphatic rings. The van der Waals surface area contributed by atoms with E-state index in [0.29, 0.717) is 16.7 Å². The van der Waals surface area contributed by atoms with Gasteiger partial charge in [0.05, 0.1) is 4.47 Å². The van der Waals surface area contributed by atoms with Crippen LogP contribution in [0, 0.1) is 18.6 Å². The first kappa shape index (κ1) is 12.9. The van der Waals surface area contributed by atoms with Crippen molar-refractivity contribution in [3.05, 3.63) is 69.2 Å². The highest BCUT2D eigenvalue weighted by Crippen LogP contribution is 2.20. The maximum atomic E-state index is 13.1. The summed E-state index contributed by atoms with van der Waals surface area (Å²) in [7, 11) is 0. The van der Waals surface area contributed by atoms with E-state index in [-0.39, 0.29) is 16.1 Å². The van der Waals surface area contributed by atoms with Crippen molar-refractivity contribution >= 4 is 21.7 Å². The third-order valence-electron chi connectivity index (χ3n) is 2.61. The second-order valence-corrected chi connectivity index (χ2v) is 4.77. The van der Waals surface area contributed by atoms with E-state index in [9.17, 15) is 13.6 Å². The Balaban J connectivity index is 2.44. The summed E-state index contributed by atoms with van der Waals surface area (Å²) in [5.74, 6) is -1.07. The Morgan fingerprint density at radius 1 is 1.11 bits per heavy atom. The van der Waals surface area contributed by atoms with Crippen LogP contribution in [0.25, 0.3) is 0 Å². The largest absolute Gasteiger partial charge is 0.289 e. The Labute approximate surface area is 112 Å². The quantitative estimate of drug-likeness (QED) is 0.757. The van der Waals surface area contributed by atoms with Gasteiger partial charge >= 0.3 is 0 Å². The molecule has 18 heavy (non-hydrogen) atoms. The van der Waals surface area contributed by atoms with Crippen molar-refractivity contribution in [2.75, 3.05) is 0 Å². The number of halogens is 3. The highest BCUT2D eigenvalue weighted by Gasteiger charge is 2.13. The summed E-state index contributed by atoms with van der Waals surface area (Å²) < 4.78 is 26.3. The van der Waals surface area contributed by atoms with Crippen LogP contribution in [0.15, 0.2) is 40.9 Å². The zero-order chi connectivity index (χ0) is 13.3. The van der Waals surface area contributed by atoms with Crippen molar-refractivity contribution in [2.24, 2.45) is 0 Å². The van der Waals surface area contributed by atoms with Crippen LogP contribution < -0.4 is 0 Å². The fourth-order valence-electron chi connectivity index (χ4n) is 1.67. The second kappa shape index (κ2) is 4.98. The van der Waals surface area contributed by atoms with E-state index in [0.717, 1.165) is 0 Å². The average Bonchev–Trinajstić information content (AvgIpc) is 2.32. The standard InChI is InChI=1S/C14H9BrF2O/c1-8-6-10(16)3-4-11(8)14(18)9-2-5-13(17)12(15)7-9/h2-7H,1H3. The van der Waals surface area contributed by atoms with E-state index >= 15 is 0 Å². The van der Waals surface area contributed by atoms with Crippen LogP contribution >= 0.6 is 15.9 Å². The minimum atomic E-state index is -0.428. The first-order chi connectivity index (χ1) is 8.49. The maximum absolute atomic E-state index is 13.1. The SMILES string of the molecule is Cc1cc(F)ccc1C(=O)c1ccc(F)c(Br)c1. The summed E-state index contributed by atoms with van der Waals surface area (Å²) >= 11 is 3.03. The van der Waals surface area contributed by atoms with Crippen LogP contribution in [-0.4, -0.2) is 5.78 Å². The molecule has 0 bridgehead atoms. The highest BCUT2D eigenvalue weighted by atomic mass is 79.9. The molecule has 0 amide bonds. The number of hydrogen-bond acceptors (Lipinski definition) is 1. The number of aryl methyl sites for hydroxylation is 1. The molecule has 1 nitrogen and oxygen atoms in total. The number of ketones is 1. The zero-order valence-electron chi connectivity index (χ0n) is 9.51. The van der Waals surface area contributed by atoms with Gasteiger partial charge in [0.25, 0.3) is 0 Å². The van der Waals surface area contributed by atoms with Gasteiger partial charge in [-0.25, -0.2) is 8.78 Å². The van der Waals surface area contributed by atoms with Gasteiger partial charge in [0.1, 0.15) is 11.6 Å². The van der Waals surface area contributed by atoms with E-state index in [2.05, 4.69) is 15.9 Å². The Kier molecular flexibility index (Phi) is 3.57. The molecule has 0 aliphatic carbocycles. The molecular formula is C14H9BrF2O. The molecule has 0 radical (unpaired) electrons. The van der Waals surface area contributed by atoms with E-state index in [4.69, 9.17) is 0 Å². The van der Waals surface area contributed by atoms with Gasteiger partial charge in [0.2, 0.25) is 0 Å². The summed E-state index contributed by atoms with van der Waals surface area (Å²) in [5, 5.41) is 0.